The van der Waals surface area contributed by atoms with E-state index in [1.165, 1.54) is 0 Å². The molecule has 0 atom stereocenters. The molecule has 0 bridgehead atoms. The molecule has 1 aromatic heterocycles. The predicted molar refractivity (Wildman–Crippen MR) is 62.1 cm³/mol. The first-order valence-electron chi connectivity index (χ1n) is 5.08. The summed E-state index contributed by atoms with van der Waals surface area (Å²) in [5, 5.41) is 8.86. The van der Waals surface area contributed by atoms with E-state index in [4.69, 9.17) is 11.0 Å². The normalized spacial score (nSPS) is 10.0. The second-order valence-corrected chi connectivity index (χ2v) is 3.45. The molecule has 2 rings (SSSR count). The van der Waals surface area contributed by atoms with Crippen LogP contribution in [0.5, 0.6) is 0 Å². The van der Waals surface area contributed by atoms with Crippen LogP contribution in [0.15, 0.2) is 30.6 Å². The molecule has 80 valence electrons. The fourth-order valence-corrected chi connectivity index (χ4v) is 1.64. The number of nitrogens with two attached hydrogens (primary N) is 1. The number of imidazole rings is 1. The standard InChI is InChI=1S/C12H12N4/c1-2-12-15-5-6-16(12)11-7-9(8-13)3-4-10(11)14/h3-7H,2,14H2,1H3. The fourth-order valence-electron chi connectivity index (χ4n) is 1.64. The molecule has 0 amide bonds. The highest BCUT2D eigenvalue weighted by Gasteiger charge is 2.07. The van der Waals surface area contributed by atoms with Crippen molar-refractivity contribution in [3.63, 3.8) is 0 Å². The largest absolute Gasteiger partial charge is 0.397 e. The highest BCUT2D eigenvalue weighted by molar-refractivity contribution is 5.61. The Morgan fingerprint density at radius 3 is 3.00 bits per heavy atom. The highest BCUT2D eigenvalue weighted by Crippen LogP contribution is 2.20. The first kappa shape index (κ1) is 10.2. The Bertz CT molecular complexity index is 548. The Morgan fingerprint density at radius 2 is 2.31 bits per heavy atom. The molecule has 0 spiro atoms. The van der Waals surface area contributed by atoms with E-state index >= 15 is 0 Å². The molecule has 0 aliphatic heterocycles. The maximum absolute atomic E-state index is 8.86. The van der Waals surface area contributed by atoms with Crippen LogP contribution in [-0.4, -0.2) is 9.55 Å². The van der Waals surface area contributed by atoms with E-state index in [0.717, 1.165) is 17.9 Å². The third kappa shape index (κ3) is 1.63. The van der Waals surface area contributed by atoms with Gasteiger partial charge in [-0.3, -0.25) is 0 Å². The van der Waals surface area contributed by atoms with Crippen molar-refractivity contribution in [3.05, 3.63) is 42.0 Å². The van der Waals surface area contributed by atoms with Crippen molar-refractivity contribution in [3.8, 4) is 11.8 Å². The lowest BCUT2D eigenvalue weighted by Crippen LogP contribution is -2.03. The van der Waals surface area contributed by atoms with Crippen molar-refractivity contribution in [2.24, 2.45) is 0 Å². The number of aryl methyl sites for hydroxylation is 1. The highest BCUT2D eigenvalue weighted by atomic mass is 15.1. The molecule has 0 unspecified atom stereocenters. The quantitative estimate of drug-likeness (QED) is 0.773. The molecule has 0 radical (unpaired) electrons. The minimum absolute atomic E-state index is 0.597. The monoisotopic (exact) mass is 212 g/mol. The third-order valence-corrected chi connectivity index (χ3v) is 2.45. The molecule has 2 N–H and O–H groups in total. The summed E-state index contributed by atoms with van der Waals surface area (Å²) in [6.07, 6.45) is 4.41. The van der Waals surface area contributed by atoms with Gasteiger partial charge in [0, 0.05) is 18.8 Å². The van der Waals surface area contributed by atoms with Crippen molar-refractivity contribution in [2.75, 3.05) is 5.73 Å². The number of rotatable bonds is 2. The SMILES string of the molecule is CCc1nccn1-c1cc(C#N)ccc1N. The van der Waals surface area contributed by atoms with E-state index in [2.05, 4.69) is 11.1 Å². The van der Waals surface area contributed by atoms with Crippen LogP contribution >= 0.6 is 0 Å². The molecule has 0 aliphatic rings. The number of nitrogen functional groups attached to an aromatic ring is 1. The van der Waals surface area contributed by atoms with Gasteiger partial charge in [-0.1, -0.05) is 6.92 Å². The Balaban J connectivity index is 2.60. The van der Waals surface area contributed by atoms with Crippen molar-refractivity contribution in [2.45, 2.75) is 13.3 Å². The van der Waals surface area contributed by atoms with Crippen molar-refractivity contribution < 1.29 is 0 Å². The van der Waals surface area contributed by atoms with Gasteiger partial charge in [-0.2, -0.15) is 5.26 Å². The molecule has 0 fully saturated rings. The van der Waals surface area contributed by atoms with Gasteiger partial charge in [-0.05, 0) is 18.2 Å². The van der Waals surface area contributed by atoms with Gasteiger partial charge in [-0.25, -0.2) is 4.98 Å². The summed E-state index contributed by atoms with van der Waals surface area (Å²) in [6.45, 7) is 2.03. The van der Waals surface area contributed by atoms with E-state index in [1.54, 1.807) is 24.4 Å². The van der Waals surface area contributed by atoms with Crippen LogP contribution in [0.3, 0.4) is 0 Å². The Hall–Kier alpha value is -2.28. The summed E-state index contributed by atoms with van der Waals surface area (Å²) in [5.41, 5.74) is 7.96. The Morgan fingerprint density at radius 1 is 1.50 bits per heavy atom. The molecule has 4 heteroatoms. The average molecular weight is 212 g/mol. The number of anilines is 1. The molecular formula is C12H12N4. The number of hydrogen-bond donors (Lipinski definition) is 1. The van der Waals surface area contributed by atoms with E-state index in [1.807, 2.05) is 17.7 Å². The minimum atomic E-state index is 0.597. The molecule has 2 aromatic rings. The minimum Gasteiger partial charge on any atom is -0.397 e. The van der Waals surface area contributed by atoms with Crippen LogP contribution in [-0.2, 0) is 6.42 Å². The molecule has 16 heavy (non-hydrogen) atoms. The maximum atomic E-state index is 8.86. The van der Waals surface area contributed by atoms with E-state index < -0.39 is 0 Å². The van der Waals surface area contributed by atoms with Crippen LogP contribution in [0.25, 0.3) is 5.69 Å². The Labute approximate surface area is 94.0 Å². The summed E-state index contributed by atoms with van der Waals surface area (Å²) in [6, 6.07) is 7.33. The van der Waals surface area contributed by atoms with Crippen LogP contribution in [0.4, 0.5) is 5.69 Å². The fraction of sp³-hybridized carbons (Fsp3) is 0.167. The lowest BCUT2D eigenvalue weighted by molar-refractivity contribution is 0.892. The van der Waals surface area contributed by atoms with Gasteiger partial charge < -0.3 is 10.3 Å². The van der Waals surface area contributed by atoms with Crippen molar-refractivity contribution in [1.82, 2.24) is 9.55 Å². The number of nitriles is 1. The summed E-state index contributed by atoms with van der Waals surface area (Å²) in [7, 11) is 0. The van der Waals surface area contributed by atoms with Gasteiger partial charge in [0.15, 0.2) is 0 Å². The molecule has 0 saturated carbocycles. The lowest BCUT2D eigenvalue weighted by Gasteiger charge is -2.09. The molecule has 0 saturated heterocycles. The zero-order valence-corrected chi connectivity index (χ0v) is 9.01. The third-order valence-electron chi connectivity index (χ3n) is 2.45. The summed E-state index contributed by atoms with van der Waals surface area (Å²) in [5.74, 6) is 0.932. The number of benzene rings is 1. The van der Waals surface area contributed by atoms with Gasteiger partial charge in [0.05, 0.1) is 23.0 Å². The first-order valence-corrected chi connectivity index (χ1v) is 5.08. The number of nitrogens with zero attached hydrogens (tertiary/aromatic N) is 3. The van der Waals surface area contributed by atoms with Gasteiger partial charge >= 0.3 is 0 Å². The van der Waals surface area contributed by atoms with Gasteiger partial charge in [0.1, 0.15) is 5.82 Å². The second kappa shape index (κ2) is 4.07. The lowest BCUT2D eigenvalue weighted by atomic mass is 10.2. The summed E-state index contributed by atoms with van der Waals surface area (Å²) in [4.78, 5) is 4.23. The first-order chi connectivity index (χ1) is 7.76. The predicted octanol–water partition coefficient (Wildman–Crippen LogP) is 1.89. The van der Waals surface area contributed by atoms with Crippen LogP contribution in [0.1, 0.15) is 18.3 Å². The van der Waals surface area contributed by atoms with Crippen LogP contribution in [0.2, 0.25) is 0 Å². The van der Waals surface area contributed by atoms with E-state index in [-0.39, 0.29) is 0 Å². The van der Waals surface area contributed by atoms with Gasteiger partial charge in [0.2, 0.25) is 0 Å². The van der Waals surface area contributed by atoms with Crippen molar-refractivity contribution >= 4 is 5.69 Å². The second-order valence-electron chi connectivity index (χ2n) is 3.45. The smallest absolute Gasteiger partial charge is 0.112 e. The average Bonchev–Trinajstić information content (AvgIpc) is 2.77. The zero-order valence-electron chi connectivity index (χ0n) is 9.01. The molecular weight excluding hydrogens is 200 g/mol. The van der Waals surface area contributed by atoms with Crippen LogP contribution < -0.4 is 5.73 Å². The zero-order chi connectivity index (χ0) is 11.5. The van der Waals surface area contributed by atoms with E-state index in [0.29, 0.717) is 11.3 Å². The molecule has 0 aliphatic carbocycles. The van der Waals surface area contributed by atoms with Crippen LogP contribution in [0, 0.1) is 11.3 Å². The molecule has 4 nitrogen and oxygen atoms in total. The summed E-state index contributed by atoms with van der Waals surface area (Å²) >= 11 is 0. The number of aromatic nitrogens is 2. The molecule has 1 heterocycles. The van der Waals surface area contributed by atoms with E-state index in [9.17, 15) is 0 Å². The Kier molecular flexibility index (Phi) is 2.61. The topological polar surface area (TPSA) is 67.6 Å². The maximum Gasteiger partial charge on any atom is 0.112 e. The molecule has 1 aromatic carbocycles. The van der Waals surface area contributed by atoms with Gasteiger partial charge in [-0.15, -0.1) is 0 Å². The number of hydrogen-bond acceptors (Lipinski definition) is 3. The van der Waals surface area contributed by atoms with Gasteiger partial charge in [0.25, 0.3) is 0 Å². The summed E-state index contributed by atoms with van der Waals surface area (Å²) < 4.78 is 1.91. The van der Waals surface area contributed by atoms with Crippen molar-refractivity contribution in [1.29, 1.82) is 5.26 Å².